The minimum absolute atomic E-state index is 0.0960. The van der Waals surface area contributed by atoms with Crippen molar-refractivity contribution in [1.29, 1.82) is 0 Å². The van der Waals surface area contributed by atoms with Crippen LogP contribution in [0.3, 0.4) is 0 Å². The molecular weight excluding hydrogens is 304 g/mol. The first-order valence-corrected chi connectivity index (χ1v) is 7.90. The van der Waals surface area contributed by atoms with Crippen LogP contribution in [0.2, 0.25) is 5.02 Å². The number of thiophene rings is 1. The molecule has 100 valence electrons. The summed E-state index contributed by atoms with van der Waals surface area (Å²) in [5.74, 6) is -0.445. The van der Waals surface area contributed by atoms with Gasteiger partial charge in [0.25, 0.3) is 0 Å². The molecule has 0 radical (unpaired) electrons. The maximum absolute atomic E-state index is 11.9. The Morgan fingerprint density at radius 2 is 2.21 bits per heavy atom. The van der Waals surface area contributed by atoms with Gasteiger partial charge in [0.05, 0.1) is 25.7 Å². The van der Waals surface area contributed by atoms with Crippen LogP contribution in [0, 0.1) is 0 Å². The van der Waals surface area contributed by atoms with Gasteiger partial charge in [-0.1, -0.05) is 17.7 Å². The van der Waals surface area contributed by atoms with Crippen molar-refractivity contribution in [3.63, 3.8) is 0 Å². The van der Waals surface area contributed by atoms with Crippen LogP contribution in [0.5, 0.6) is 0 Å². The van der Waals surface area contributed by atoms with Gasteiger partial charge in [0, 0.05) is 5.69 Å². The number of anilines is 2. The quantitative estimate of drug-likeness (QED) is 0.852. The van der Waals surface area contributed by atoms with E-state index < -0.39 is 10.8 Å². The summed E-state index contributed by atoms with van der Waals surface area (Å²) in [6, 6.07) is 8.34. The van der Waals surface area contributed by atoms with Crippen molar-refractivity contribution in [2.45, 2.75) is 4.21 Å². The molecular formula is C12H11ClN2O2S2. The van der Waals surface area contributed by atoms with E-state index in [0.717, 1.165) is 0 Å². The van der Waals surface area contributed by atoms with Crippen molar-refractivity contribution in [2.24, 2.45) is 0 Å². The molecule has 0 bridgehead atoms. The molecule has 0 spiro atoms. The van der Waals surface area contributed by atoms with E-state index in [4.69, 9.17) is 17.3 Å². The third-order valence-corrected chi connectivity index (χ3v) is 5.18. The molecule has 0 saturated heterocycles. The Labute approximate surface area is 122 Å². The molecule has 1 aromatic carbocycles. The van der Waals surface area contributed by atoms with Crippen LogP contribution in [0.1, 0.15) is 0 Å². The summed E-state index contributed by atoms with van der Waals surface area (Å²) in [4.78, 5) is 11.8. The second-order valence-corrected chi connectivity index (χ2v) is 6.74. The second-order valence-electron chi connectivity index (χ2n) is 3.71. The van der Waals surface area contributed by atoms with Gasteiger partial charge in [-0.05, 0) is 29.6 Å². The van der Waals surface area contributed by atoms with E-state index in [-0.39, 0.29) is 11.7 Å². The molecule has 2 rings (SSSR count). The van der Waals surface area contributed by atoms with Crippen molar-refractivity contribution in [3.8, 4) is 0 Å². The average molecular weight is 315 g/mol. The highest BCUT2D eigenvalue weighted by atomic mass is 35.5. The molecule has 3 N–H and O–H groups in total. The zero-order valence-electron chi connectivity index (χ0n) is 9.76. The maximum Gasteiger partial charge on any atom is 0.237 e. The molecule has 0 aliphatic heterocycles. The molecule has 0 fully saturated rings. The lowest BCUT2D eigenvalue weighted by molar-refractivity contribution is -0.113. The number of carbonyl (C=O) groups excluding carboxylic acids is 1. The number of rotatable bonds is 4. The van der Waals surface area contributed by atoms with Gasteiger partial charge in [-0.2, -0.15) is 0 Å². The SMILES string of the molecule is Nc1ccc(NC(=O)CS(=O)c2cccs2)c(Cl)c1. The summed E-state index contributed by atoms with van der Waals surface area (Å²) in [5.41, 5.74) is 6.54. The van der Waals surface area contributed by atoms with Crippen LogP contribution < -0.4 is 11.1 Å². The van der Waals surface area contributed by atoms with Gasteiger partial charge in [-0.3, -0.25) is 9.00 Å². The molecule has 2 aromatic rings. The topological polar surface area (TPSA) is 72.2 Å². The third kappa shape index (κ3) is 3.79. The van der Waals surface area contributed by atoms with Gasteiger partial charge in [-0.25, -0.2) is 0 Å². The Bertz CT molecular complexity index is 614. The molecule has 1 amide bonds. The monoisotopic (exact) mass is 314 g/mol. The van der Waals surface area contributed by atoms with Crippen molar-refractivity contribution in [1.82, 2.24) is 0 Å². The van der Waals surface area contributed by atoms with Crippen molar-refractivity contribution in [3.05, 3.63) is 40.7 Å². The largest absolute Gasteiger partial charge is 0.399 e. The normalized spacial score (nSPS) is 12.1. The molecule has 1 heterocycles. The molecule has 1 unspecified atom stereocenters. The van der Waals surface area contributed by atoms with Gasteiger partial charge >= 0.3 is 0 Å². The minimum atomic E-state index is -1.33. The lowest BCUT2D eigenvalue weighted by Gasteiger charge is -2.07. The number of halogens is 1. The first-order chi connectivity index (χ1) is 9.06. The number of amides is 1. The van der Waals surface area contributed by atoms with Crippen LogP contribution in [0.25, 0.3) is 0 Å². The van der Waals surface area contributed by atoms with Crippen molar-refractivity contribution in [2.75, 3.05) is 16.8 Å². The predicted octanol–water partition coefficient (Wildman–Crippen LogP) is 2.73. The molecule has 7 heteroatoms. The molecule has 0 saturated carbocycles. The Hall–Kier alpha value is -1.37. The van der Waals surface area contributed by atoms with E-state index in [1.807, 2.05) is 5.38 Å². The zero-order valence-corrected chi connectivity index (χ0v) is 12.1. The molecule has 0 aliphatic rings. The summed E-state index contributed by atoms with van der Waals surface area (Å²) < 4.78 is 12.5. The Balaban J connectivity index is 2.00. The number of hydrogen-bond donors (Lipinski definition) is 2. The smallest absolute Gasteiger partial charge is 0.237 e. The van der Waals surface area contributed by atoms with Gasteiger partial charge in [0.2, 0.25) is 5.91 Å². The predicted molar refractivity (Wildman–Crippen MR) is 80.1 cm³/mol. The van der Waals surface area contributed by atoms with Crippen LogP contribution >= 0.6 is 22.9 Å². The summed E-state index contributed by atoms with van der Waals surface area (Å²) in [5, 5.41) is 4.79. The number of carbonyl (C=O) groups is 1. The highest BCUT2D eigenvalue weighted by molar-refractivity contribution is 7.88. The summed E-state index contributed by atoms with van der Waals surface area (Å²) >= 11 is 7.30. The van der Waals surface area contributed by atoms with E-state index in [1.165, 1.54) is 11.3 Å². The molecule has 19 heavy (non-hydrogen) atoms. The third-order valence-electron chi connectivity index (χ3n) is 2.25. The Morgan fingerprint density at radius 1 is 1.42 bits per heavy atom. The van der Waals surface area contributed by atoms with E-state index in [1.54, 1.807) is 30.3 Å². The highest BCUT2D eigenvalue weighted by Crippen LogP contribution is 2.24. The molecule has 4 nitrogen and oxygen atoms in total. The van der Waals surface area contributed by atoms with Crippen LogP contribution in [-0.2, 0) is 15.6 Å². The van der Waals surface area contributed by atoms with Gasteiger partial charge in [0.1, 0.15) is 5.75 Å². The fourth-order valence-electron chi connectivity index (χ4n) is 1.40. The maximum atomic E-state index is 11.9. The molecule has 1 atom stereocenters. The first kappa shape index (κ1) is 14.0. The highest BCUT2D eigenvalue weighted by Gasteiger charge is 2.12. The van der Waals surface area contributed by atoms with E-state index >= 15 is 0 Å². The summed E-state index contributed by atoms with van der Waals surface area (Å²) in [7, 11) is -1.33. The Kier molecular flexibility index (Phi) is 4.57. The fourth-order valence-corrected chi connectivity index (χ4v) is 3.54. The minimum Gasteiger partial charge on any atom is -0.399 e. The zero-order chi connectivity index (χ0) is 13.8. The summed E-state index contributed by atoms with van der Waals surface area (Å²) in [6.07, 6.45) is 0. The van der Waals surface area contributed by atoms with E-state index in [0.29, 0.717) is 20.6 Å². The molecule has 1 aromatic heterocycles. The van der Waals surface area contributed by atoms with E-state index in [2.05, 4.69) is 5.32 Å². The van der Waals surface area contributed by atoms with Crippen molar-refractivity contribution < 1.29 is 9.00 Å². The first-order valence-electron chi connectivity index (χ1n) is 5.33. The Morgan fingerprint density at radius 3 is 2.84 bits per heavy atom. The number of benzene rings is 1. The standard InChI is InChI=1S/C12H11ClN2O2S2/c13-9-6-8(14)3-4-10(9)15-11(16)7-19(17)12-2-1-5-18-12/h1-6H,7,14H2,(H,15,16). The average Bonchev–Trinajstić information content (AvgIpc) is 2.86. The van der Waals surface area contributed by atoms with Crippen LogP contribution in [0.15, 0.2) is 39.9 Å². The van der Waals surface area contributed by atoms with Crippen LogP contribution in [-0.4, -0.2) is 15.9 Å². The number of hydrogen-bond acceptors (Lipinski definition) is 4. The van der Waals surface area contributed by atoms with Gasteiger partial charge in [-0.15, -0.1) is 11.3 Å². The number of nitrogen functional groups attached to an aromatic ring is 1. The fraction of sp³-hybridized carbons (Fsp3) is 0.0833. The van der Waals surface area contributed by atoms with E-state index in [9.17, 15) is 9.00 Å². The number of nitrogens with two attached hydrogens (primary N) is 1. The molecule has 0 aliphatic carbocycles. The lowest BCUT2D eigenvalue weighted by atomic mass is 10.3. The van der Waals surface area contributed by atoms with Gasteiger partial charge < -0.3 is 11.1 Å². The number of nitrogens with one attached hydrogen (secondary N) is 1. The van der Waals surface area contributed by atoms with Crippen LogP contribution in [0.4, 0.5) is 11.4 Å². The second kappa shape index (κ2) is 6.18. The summed E-state index contributed by atoms with van der Waals surface area (Å²) in [6.45, 7) is 0. The lowest BCUT2D eigenvalue weighted by Crippen LogP contribution is -2.19. The van der Waals surface area contributed by atoms with Crippen molar-refractivity contribution >= 4 is 51.0 Å². The van der Waals surface area contributed by atoms with Gasteiger partial charge in [0.15, 0.2) is 0 Å².